The van der Waals surface area contributed by atoms with Crippen LogP contribution in [0.15, 0.2) is 4.99 Å². The van der Waals surface area contributed by atoms with Crippen molar-refractivity contribution in [1.82, 2.24) is 15.1 Å². The molecule has 1 atom stereocenters. The first-order valence-corrected chi connectivity index (χ1v) is 9.50. The summed E-state index contributed by atoms with van der Waals surface area (Å²) in [6.07, 6.45) is 6.47. The molecule has 24 heavy (non-hydrogen) atoms. The molecule has 0 aromatic heterocycles. The van der Waals surface area contributed by atoms with Gasteiger partial charge in [-0.3, -0.25) is 4.99 Å². The number of aliphatic imine (C=N–C) groups is 1. The Kier molecular flexibility index (Phi) is 8.07. The molecule has 0 aromatic rings. The third-order valence-electron chi connectivity index (χ3n) is 6.12. The minimum Gasteiger partial charge on any atom is -0.381 e. The molecule has 6 heteroatoms. The van der Waals surface area contributed by atoms with E-state index in [9.17, 15) is 0 Å². The number of likely N-dealkylation sites (tertiary alicyclic amines) is 2. The van der Waals surface area contributed by atoms with Crippen LogP contribution in [-0.4, -0.2) is 75.3 Å². The quantitative estimate of drug-likeness (QED) is 0.406. The molecule has 5 nitrogen and oxygen atoms in total. The number of nitrogens with one attached hydrogen (secondary N) is 1. The standard InChI is InChI=1S/C18H34N4O.HI/c1-3-21-10-5-16(6-11-21)4-9-20-17(19-2)22-12-7-18(14-22)8-13-23-15-18;/h16H,3-15H2,1-2H3,(H,19,20);1H. The van der Waals surface area contributed by atoms with Crippen LogP contribution in [0.2, 0.25) is 0 Å². The molecule has 140 valence electrons. The first-order chi connectivity index (χ1) is 11.2. The molecule has 0 bridgehead atoms. The highest BCUT2D eigenvalue weighted by molar-refractivity contribution is 14.0. The zero-order valence-electron chi connectivity index (χ0n) is 15.4. The number of nitrogens with zero attached hydrogens (tertiary/aromatic N) is 3. The SMILES string of the molecule is CCN1CCC(CCNC(=NC)N2CCC3(CCOC3)C2)CC1.I. The van der Waals surface area contributed by atoms with Gasteiger partial charge in [-0.2, -0.15) is 0 Å². The van der Waals surface area contributed by atoms with Crippen LogP contribution < -0.4 is 5.32 Å². The highest BCUT2D eigenvalue weighted by Crippen LogP contribution is 2.38. The molecule has 3 aliphatic rings. The second-order valence-electron chi connectivity index (χ2n) is 7.61. The van der Waals surface area contributed by atoms with Crippen LogP contribution in [0.1, 0.15) is 39.0 Å². The number of hydrogen-bond acceptors (Lipinski definition) is 3. The average Bonchev–Trinajstić information content (AvgIpc) is 3.22. The highest BCUT2D eigenvalue weighted by Gasteiger charge is 2.42. The van der Waals surface area contributed by atoms with E-state index < -0.39 is 0 Å². The third-order valence-corrected chi connectivity index (χ3v) is 6.12. The first kappa shape index (κ1) is 20.2. The second-order valence-corrected chi connectivity index (χ2v) is 7.61. The summed E-state index contributed by atoms with van der Waals surface area (Å²) < 4.78 is 5.63. The number of guanidine groups is 1. The van der Waals surface area contributed by atoms with Gasteiger partial charge in [0, 0.05) is 38.7 Å². The van der Waals surface area contributed by atoms with Gasteiger partial charge in [-0.15, -0.1) is 24.0 Å². The first-order valence-electron chi connectivity index (χ1n) is 9.50. The maximum atomic E-state index is 5.63. The second kappa shape index (κ2) is 9.57. The van der Waals surface area contributed by atoms with Crippen molar-refractivity contribution >= 4 is 29.9 Å². The maximum absolute atomic E-state index is 5.63. The van der Waals surface area contributed by atoms with Gasteiger partial charge >= 0.3 is 0 Å². The Labute approximate surface area is 164 Å². The van der Waals surface area contributed by atoms with E-state index in [4.69, 9.17) is 4.74 Å². The van der Waals surface area contributed by atoms with Gasteiger partial charge in [0.05, 0.1) is 6.61 Å². The molecule has 0 aromatic carbocycles. The van der Waals surface area contributed by atoms with Gasteiger partial charge in [0.25, 0.3) is 0 Å². The van der Waals surface area contributed by atoms with Gasteiger partial charge in [0.2, 0.25) is 0 Å². The monoisotopic (exact) mass is 450 g/mol. The zero-order valence-corrected chi connectivity index (χ0v) is 17.8. The van der Waals surface area contributed by atoms with E-state index in [0.29, 0.717) is 5.41 Å². The molecule has 0 radical (unpaired) electrons. The van der Waals surface area contributed by atoms with Crippen LogP contribution in [0.25, 0.3) is 0 Å². The molecule has 1 unspecified atom stereocenters. The van der Waals surface area contributed by atoms with Crippen molar-refractivity contribution in [2.45, 2.75) is 39.0 Å². The Balaban J connectivity index is 0.00000208. The minimum absolute atomic E-state index is 0. The van der Waals surface area contributed by atoms with Crippen molar-refractivity contribution in [3.8, 4) is 0 Å². The number of ether oxygens (including phenoxy) is 1. The van der Waals surface area contributed by atoms with Crippen LogP contribution >= 0.6 is 24.0 Å². The number of halogens is 1. The van der Waals surface area contributed by atoms with Gasteiger partial charge in [-0.05, 0) is 57.7 Å². The number of rotatable bonds is 4. The molecule has 3 heterocycles. The molecule has 0 amide bonds. The van der Waals surface area contributed by atoms with E-state index in [2.05, 4.69) is 27.0 Å². The lowest BCUT2D eigenvalue weighted by atomic mass is 9.87. The summed E-state index contributed by atoms with van der Waals surface area (Å²) in [5, 5.41) is 3.61. The van der Waals surface area contributed by atoms with Crippen molar-refractivity contribution in [2.24, 2.45) is 16.3 Å². The van der Waals surface area contributed by atoms with Crippen LogP contribution in [0, 0.1) is 11.3 Å². The molecule has 1 spiro atoms. The van der Waals surface area contributed by atoms with E-state index in [1.807, 2.05) is 7.05 Å². The van der Waals surface area contributed by atoms with Gasteiger partial charge in [-0.25, -0.2) is 0 Å². The summed E-state index contributed by atoms with van der Waals surface area (Å²) in [5.74, 6) is 1.98. The van der Waals surface area contributed by atoms with Crippen LogP contribution in [0.5, 0.6) is 0 Å². The Morgan fingerprint density at radius 2 is 2.04 bits per heavy atom. The van der Waals surface area contributed by atoms with Crippen molar-refractivity contribution in [1.29, 1.82) is 0 Å². The summed E-state index contributed by atoms with van der Waals surface area (Å²) in [7, 11) is 1.91. The van der Waals surface area contributed by atoms with E-state index in [-0.39, 0.29) is 24.0 Å². The molecule has 0 saturated carbocycles. The van der Waals surface area contributed by atoms with E-state index in [0.717, 1.165) is 44.7 Å². The molecule has 3 rings (SSSR count). The van der Waals surface area contributed by atoms with Crippen LogP contribution in [0.3, 0.4) is 0 Å². The lowest BCUT2D eigenvalue weighted by Crippen LogP contribution is -2.42. The largest absolute Gasteiger partial charge is 0.381 e. The predicted molar refractivity (Wildman–Crippen MR) is 110 cm³/mol. The molecular weight excluding hydrogens is 415 g/mol. The number of piperidine rings is 1. The van der Waals surface area contributed by atoms with Gasteiger partial charge in [0.1, 0.15) is 0 Å². The molecule has 3 fully saturated rings. The summed E-state index contributed by atoms with van der Waals surface area (Å²) in [6, 6.07) is 0. The summed E-state index contributed by atoms with van der Waals surface area (Å²) in [5.41, 5.74) is 0.407. The Bertz CT molecular complexity index is 404. The van der Waals surface area contributed by atoms with E-state index in [1.165, 1.54) is 51.7 Å². The highest BCUT2D eigenvalue weighted by atomic mass is 127. The van der Waals surface area contributed by atoms with Crippen LogP contribution in [0.4, 0.5) is 0 Å². The topological polar surface area (TPSA) is 40.1 Å². The lowest BCUT2D eigenvalue weighted by molar-refractivity contribution is 0.156. The smallest absolute Gasteiger partial charge is 0.193 e. The normalized spacial score (nSPS) is 29.2. The fraction of sp³-hybridized carbons (Fsp3) is 0.944. The van der Waals surface area contributed by atoms with Gasteiger partial charge in [0.15, 0.2) is 5.96 Å². The van der Waals surface area contributed by atoms with E-state index >= 15 is 0 Å². The fourth-order valence-electron chi connectivity index (χ4n) is 4.40. The summed E-state index contributed by atoms with van der Waals surface area (Å²) in [6.45, 7) is 11.2. The molecular formula is C18H35IN4O. The van der Waals surface area contributed by atoms with Crippen LogP contribution in [-0.2, 0) is 4.74 Å². The van der Waals surface area contributed by atoms with Crippen molar-refractivity contribution in [3.05, 3.63) is 0 Å². The molecule has 1 N–H and O–H groups in total. The predicted octanol–water partition coefficient (Wildman–Crippen LogP) is 2.41. The minimum atomic E-state index is 0. The van der Waals surface area contributed by atoms with Gasteiger partial charge < -0.3 is 19.9 Å². The average molecular weight is 450 g/mol. The molecule has 3 saturated heterocycles. The molecule has 3 aliphatic heterocycles. The van der Waals surface area contributed by atoms with Crippen molar-refractivity contribution in [2.75, 3.05) is 59.5 Å². The lowest BCUT2D eigenvalue weighted by Gasteiger charge is -2.31. The number of hydrogen-bond donors (Lipinski definition) is 1. The molecule has 0 aliphatic carbocycles. The zero-order chi connectivity index (χ0) is 16.1. The van der Waals surface area contributed by atoms with Gasteiger partial charge in [-0.1, -0.05) is 6.92 Å². The van der Waals surface area contributed by atoms with Crippen molar-refractivity contribution in [3.63, 3.8) is 0 Å². The van der Waals surface area contributed by atoms with E-state index in [1.54, 1.807) is 0 Å². The Morgan fingerprint density at radius 1 is 1.25 bits per heavy atom. The summed E-state index contributed by atoms with van der Waals surface area (Å²) >= 11 is 0. The maximum Gasteiger partial charge on any atom is 0.193 e. The van der Waals surface area contributed by atoms with Crippen molar-refractivity contribution < 1.29 is 4.74 Å². The Hall–Kier alpha value is -0.0800. The third kappa shape index (κ3) is 4.97. The summed E-state index contributed by atoms with van der Waals surface area (Å²) in [4.78, 5) is 9.52. The Morgan fingerprint density at radius 3 is 2.67 bits per heavy atom. The fourth-order valence-corrected chi connectivity index (χ4v) is 4.40.